The maximum atomic E-state index is 5.22. The summed E-state index contributed by atoms with van der Waals surface area (Å²) in [5.41, 5.74) is 0.336. The summed E-state index contributed by atoms with van der Waals surface area (Å²) in [7, 11) is 4.31. The Morgan fingerprint density at radius 1 is 1.40 bits per heavy atom. The lowest BCUT2D eigenvalue weighted by atomic mass is 9.75. The fraction of sp³-hybridized carbons (Fsp3) is 0.909. The second-order valence-corrected chi connectivity index (χ2v) is 5.36. The first-order valence-electron chi connectivity index (χ1n) is 5.68. The second-order valence-electron chi connectivity index (χ2n) is 4.95. The highest BCUT2D eigenvalue weighted by atomic mass is 32.1. The maximum absolute atomic E-state index is 5.22. The van der Waals surface area contributed by atoms with Crippen LogP contribution < -0.4 is 10.6 Å². The van der Waals surface area contributed by atoms with E-state index in [2.05, 4.69) is 43.5 Å². The lowest BCUT2D eigenvalue weighted by Gasteiger charge is -2.47. The Hall–Kier alpha value is -0.350. The van der Waals surface area contributed by atoms with Crippen molar-refractivity contribution in [3.63, 3.8) is 0 Å². The molecule has 1 rings (SSSR count). The Morgan fingerprint density at radius 2 is 2.00 bits per heavy atom. The van der Waals surface area contributed by atoms with E-state index >= 15 is 0 Å². The van der Waals surface area contributed by atoms with Crippen LogP contribution in [0.25, 0.3) is 0 Å². The molecule has 0 radical (unpaired) electrons. The van der Waals surface area contributed by atoms with Crippen LogP contribution >= 0.6 is 12.2 Å². The Kier molecular flexibility index (Phi) is 4.34. The summed E-state index contributed by atoms with van der Waals surface area (Å²) in [5.74, 6) is 0. The zero-order valence-corrected chi connectivity index (χ0v) is 11.1. The van der Waals surface area contributed by atoms with Gasteiger partial charge in [0.25, 0.3) is 0 Å². The molecule has 0 unspecified atom stereocenters. The van der Waals surface area contributed by atoms with E-state index in [0.29, 0.717) is 11.6 Å². The number of thiocarbonyl (C=S) groups is 1. The van der Waals surface area contributed by atoms with E-state index in [1.54, 1.807) is 0 Å². The Morgan fingerprint density at radius 3 is 2.33 bits per heavy atom. The smallest absolute Gasteiger partial charge is 0.166 e. The van der Waals surface area contributed by atoms with Crippen molar-refractivity contribution in [3.05, 3.63) is 0 Å². The van der Waals surface area contributed by atoms with E-state index in [1.165, 1.54) is 19.3 Å². The predicted molar refractivity (Wildman–Crippen MR) is 69.1 cm³/mol. The molecule has 88 valence electrons. The highest BCUT2D eigenvalue weighted by Gasteiger charge is 2.38. The fourth-order valence-corrected chi connectivity index (χ4v) is 2.23. The molecule has 4 heteroatoms. The Balaban J connectivity index is 2.32. The molecule has 1 saturated carbocycles. The van der Waals surface area contributed by atoms with Gasteiger partial charge in [-0.3, -0.25) is 0 Å². The topological polar surface area (TPSA) is 27.3 Å². The molecule has 0 atom stereocenters. The summed E-state index contributed by atoms with van der Waals surface area (Å²) >= 11 is 5.22. The molecule has 0 aliphatic heterocycles. The SMILES string of the molecule is CC(C)NC(=S)NCC1(N(C)C)CCC1. The molecular weight excluding hydrogens is 206 g/mol. The zero-order valence-electron chi connectivity index (χ0n) is 10.3. The van der Waals surface area contributed by atoms with Crippen LogP contribution in [-0.4, -0.2) is 42.2 Å². The van der Waals surface area contributed by atoms with Crippen LogP contribution in [0.2, 0.25) is 0 Å². The van der Waals surface area contributed by atoms with Gasteiger partial charge in [0.1, 0.15) is 0 Å². The summed E-state index contributed by atoms with van der Waals surface area (Å²) < 4.78 is 0. The normalized spacial score (nSPS) is 18.8. The van der Waals surface area contributed by atoms with Gasteiger partial charge in [-0.25, -0.2) is 0 Å². The molecule has 0 amide bonds. The minimum absolute atomic E-state index is 0.336. The number of nitrogens with one attached hydrogen (secondary N) is 2. The molecule has 0 aromatic carbocycles. The summed E-state index contributed by atoms with van der Waals surface area (Å²) in [4.78, 5) is 2.32. The molecule has 15 heavy (non-hydrogen) atoms. The summed E-state index contributed by atoms with van der Waals surface area (Å²) in [6, 6.07) is 0.404. The van der Waals surface area contributed by atoms with Crippen molar-refractivity contribution < 1.29 is 0 Å². The van der Waals surface area contributed by atoms with Crippen molar-refractivity contribution in [2.45, 2.75) is 44.7 Å². The van der Waals surface area contributed by atoms with Crippen LogP contribution in [0.5, 0.6) is 0 Å². The van der Waals surface area contributed by atoms with E-state index in [-0.39, 0.29) is 0 Å². The molecule has 0 heterocycles. The number of likely N-dealkylation sites (N-methyl/N-ethyl adjacent to an activating group) is 1. The van der Waals surface area contributed by atoms with Crippen molar-refractivity contribution >= 4 is 17.3 Å². The van der Waals surface area contributed by atoms with Gasteiger partial charge >= 0.3 is 0 Å². The van der Waals surface area contributed by atoms with Gasteiger partial charge in [0.05, 0.1) is 0 Å². The number of hydrogen-bond donors (Lipinski definition) is 2. The Labute approximate surface area is 98.6 Å². The molecule has 3 nitrogen and oxygen atoms in total. The van der Waals surface area contributed by atoms with Crippen LogP contribution in [0.1, 0.15) is 33.1 Å². The third-order valence-electron chi connectivity index (χ3n) is 3.23. The first-order valence-corrected chi connectivity index (χ1v) is 6.09. The van der Waals surface area contributed by atoms with Gasteiger partial charge in [-0.05, 0) is 59.4 Å². The third kappa shape index (κ3) is 3.31. The zero-order chi connectivity index (χ0) is 11.5. The maximum Gasteiger partial charge on any atom is 0.166 e. The van der Waals surface area contributed by atoms with Crippen LogP contribution in [0, 0.1) is 0 Å². The molecule has 1 fully saturated rings. The van der Waals surface area contributed by atoms with Crippen molar-refractivity contribution in [1.29, 1.82) is 0 Å². The second kappa shape index (κ2) is 5.12. The molecule has 0 aromatic heterocycles. The van der Waals surface area contributed by atoms with Gasteiger partial charge in [-0.2, -0.15) is 0 Å². The Bertz CT molecular complexity index is 222. The molecule has 0 bridgehead atoms. The van der Waals surface area contributed by atoms with E-state index in [9.17, 15) is 0 Å². The minimum atomic E-state index is 0.336. The van der Waals surface area contributed by atoms with Gasteiger partial charge in [-0.1, -0.05) is 0 Å². The highest BCUT2D eigenvalue weighted by molar-refractivity contribution is 7.80. The average Bonchev–Trinajstić information content (AvgIpc) is 1.99. The lowest BCUT2D eigenvalue weighted by molar-refractivity contribution is 0.0648. The quantitative estimate of drug-likeness (QED) is 0.712. The monoisotopic (exact) mass is 229 g/mol. The molecule has 0 spiro atoms. The van der Waals surface area contributed by atoms with Crippen molar-refractivity contribution in [2.75, 3.05) is 20.6 Å². The molecule has 1 aliphatic carbocycles. The summed E-state index contributed by atoms with van der Waals surface area (Å²) in [6.45, 7) is 5.15. The van der Waals surface area contributed by atoms with Gasteiger partial charge in [0.15, 0.2) is 5.11 Å². The number of rotatable bonds is 4. The van der Waals surface area contributed by atoms with Crippen LogP contribution in [0.4, 0.5) is 0 Å². The van der Waals surface area contributed by atoms with Gasteiger partial charge < -0.3 is 15.5 Å². The van der Waals surface area contributed by atoms with Crippen LogP contribution in [0.15, 0.2) is 0 Å². The van der Waals surface area contributed by atoms with Gasteiger partial charge in [-0.15, -0.1) is 0 Å². The first kappa shape index (κ1) is 12.7. The molecule has 0 saturated heterocycles. The third-order valence-corrected chi connectivity index (χ3v) is 3.49. The number of nitrogens with zero attached hydrogens (tertiary/aromatic N) is 1. The number of hydrogen-bond acceptors (Lipinski definition) is 2. The average molecular weight is 229 g/mol. The lowest BCUT2D eigenvalue weighted by Crippen LogP contribution is -2.58. The van der Waals surface area contributed by atoms with Crippen molar-refractivity contribution in [1.82, 2.24) is 15.5 Å². The fourth-order valence-electron chi connectivity index (χ4n) is 1.93. The highest BCUT2D eigenvalue weighted by Crippen LogP contribution is 2.35. The summed E-state index contributed by atoms with van der Waals surface area (Å²) in [5, 5.41) is 7.30. The minimum Gasteiger partial charge on any atom is -0.361 e. The van der Waals surface area contributed by atoms with E-state index in [1.807, 2.05) is 0 Å². The molecule has 2 N–H and O–H groups in total. The molecule has 1 aliphatic rings. The van der Waals surface area contributed by atoms with Gasteiger partial charge in [0.2, 0.25) is 0 Å². The standard InChI is InChI=1S/C11H23N3S/c1-9(2)13-10(15)12-8-11(14(3)4)6-5-7-11/h9H,5-8H2,1-4H3,(H2,12,13,15). The van der Waals surface area contributed by atoms with E-state index in [4.69, 9.17) is 12.2 Å². The van der Waals surface area contributed by atoms with E-state index < -0.39 is 0 Å². The summed E-state index contributed by atoms with van der Waals surface area (Å²) in [6.07, 6.45) is 3.89. The van der Waals surface area contributed by atoms with Crippen LogP contribution in [-0.2, 0) is 0 Å². The predicted octanol–water partition coefficient (Wildman–Crippen LogP) is 1.34. The van der Waals surface area contributed by atoms with Crippen molar-refractivity contribution in [2.24, 2.45) is 0 Å². The van der Waals surface area contributed by atoms with Gasteiger partial charge in [0, 0.05) is 18.1 Å². The first-order chi connectivity index (χ1) is 6.96. The van der Waals surface area contributed by atoms with Crippen LogP contribution in [0.3, 0.4) is 0 Å². The largest absolute Gasteiger partial charge is 0.361 e. The van der Waals surface area contributed by atoms with Crippen molar-refractivity contribution in [3.8, 4) is 0 Å². The van der Waals surface area contributed by atoms with E-state index in [0.717, 1.165) is 11.7 Å². The molecular formula is C11H23N3S. The molecule has 0 aromatic rings.